The largest absolute Gasteiger partial charge is 0.463 e. The Kier molecular flexibility index (Phi) is 2.67. The maximum Gasteiger partial charge on any atom is 0.358 e. The molecule has 1 aliphatic rings. The van der Waals surface area contributed by atoms with Crippen LogP contribution in [0, 0.1) is 0 Å². The maximum atomic E-state index is 11.1. The Morgan fingerprint density at radius 3 is 3.09 bits per heavy atom. The molecule has 0 saturated carbocycles. The van der Waals surface area contributed by atoms with Crippen molar-refractivity contribution in [1.29, 1.82) is 0 Å². The lowest BCUT2D eigenvalue weighted by atomic mass is 10.6. The molecule has 3 nitrogen and oxygen atoms in total. The highest BCUT2D eigenvalue weighted by atomic mass is 35.5. The third-order valence-corrected chi connectivity index (χ3v) is 2.52. The average molecular weight is 194 g/mol. The van der Waals surface area contributed by atoms with Crippen molar-refractivity contribution in [3.05, 3.63) is 11.6 Å². The van der Waals surface area contributed by atoms with Crippen LogP contribution in [-0.4, -0.2) is 16.9 Å². The monoisotopic (exact) mass is 193 g/mol. The molecule has 0 spiro atoms. The van der Waals surface area contributed by atoms with Gasteiger partial charge in [-0.15, -0.1) is 0 Å². The van der Waals surface area contributed by atoms with E-state index in [1.54, 1.807) is 18.5 Å². The van der Waals surface area contributed by atoms with E-state index in [1.807, 2.05) is 0 Å². The lowest BCUT2D eigenvalue weighted by Crippen LogP contribution is -2.39. The predicted molar refractivity (Wildman–Crippen MR) is 45.1 cm³/mol. The van der Waals surface area contributed by atoms with Gasteiger partial charge in [0.1, 0.15) is 0 Å². The number of carbonyl (C=O) groups is 1. The first kappa shape index (κ1) is 8.74. The molecule has 5 heteroatoms. The zero-order valence-corrected chi connectivity index (χ0v) is 7.54. The predicted octanol–water partition coefficient (Wildman–Crippen LogP) is 1.25. The number of alkyl halides is 1. The van der Waals surface area contributed by atoms with Gasteiger partial charge in [-0.2, -0.15) is 0 Å². The van der Waals surface area contributed by atoms with Crippen LogP contribution in [0.4, 0.5) is 0 Å². The first-order valence-electron chi connectivity index (χ1n) is 3.15. The van der Waals surface area contributed by atoms with Gasteiger partial charge in [0.05, 0.1) is 6.61 Å². The standard InChI is InChI=1S/C6H8ClNO2S/c1-2-10-5(9)6(7)8-3-4-11-6/h3-4,8H,2H2,1H3. The van der Waals surface area contributed by atoms with Crippen LogP contribution in [-0.2, 0) is 9.53 Å². The summed E-state index contributed by atoms with van der Waals surface area (Å²) in [5.41, 5.74) is 0. The van der Waals surface area contributed by atoms with Crippen LogP contribution in [0.2, 0.25) is 0 Å². The Morgan fingerprint density at radius 1 is 1.91 bits per heavy atom. The lowest BCUT2D eigenvalue weighted by molar-refractivity contribution is -0.144. The molecule has 1 atom stereocenters. The molecule has 1 heterocycles. The van der Waals surface area contributed by atoms with Gasteiger partial charge in [-0.3, -0.25) is 0 Å². The zero-order chi connectivity index (χ0) is 8.32. The van der Waals surface area contributed by atoms with E-state index in [-0.39, 0.29) is 0 Å². The second-order valence-corrected chi connectivity index (χ2v) is 3.79. The highest BCUT2D eigenvalue weighted by molar-refractivity contribution is 8.05. The van der Waals surface area contributed by atoms with Gasteiger partial charge in [-0.25, -0.2) is 4.79 Å². The molecule has 0 saturated heterocycles. The molecule has 1 N–H and O–H groups in total. The third-order valence-electron chi connectivity index (χ3n) is 1.11. The number of rotatable bonds is 2. The van der Waals surface area contributed by atoms with Gasteiger partial charge in [0, 0.05) is 6.20 Å². The van der Waals surface area contributed by atoms with E-state index in [4.69, 9.17) is 16.3 Å². The van der Waals surface area contributed by atoms with Gasteiger partial charge < -0.3 is 10.1 Å². The molecule has 0 aromatic heterocycles. The fraction of sp³-hybridized carbons (Fsp3) is 0.500. The molecule has 0 aromatic rings. The van der Waals surface area contributed by atoms with E-state index in [9.17, 15) is 4.79 Å². The van der Waals surface area contributed by atoms with E-state index in [0.717, 1.165) is 0 Å². The molecular formula is C6H8ClNO2S. The quantitative estimate of drug-likeness (QED) is 0.407. The summed E-state index contributed by atoms with van der Waals surface area (Å²) in [7, 11) is 0. The third kappa shape index (κ3) is 1.81. The molecule has 0 amide bonds. The first-order valence-corrected chi connectivity index (χ1v) is 4.41. The number of carbonyl (C=O) groups excluding carboxylic acids is 1. The van der Waals surface area contributed by atoms with Crippen LogP contribution in [0.5, 0.6) is 0 Å². The first-order chi connectivity index (χ1) is 5.19. The van der Waals surface area contributed by atoms with Crippen LogP contribution < -0.4 is 5.32 Å². The van der Waals surface area contributed by atoms with E-state index >= 15 is 0 Å². The van der Waals surface area contributed by atoms with Crippen LogP contribution in [0.25, 0.3) is 0 Å². The average Bonchev–Trinajstić information content (AvgIpc) is 2.38. The van der Waals surface area contributed by atoms with Crippen LogP contribution in [0.1, 0.15) is 6.92 Å². The summed E-state index contributed by atoms with van der Waals surface area (Å²) in [6.07, 6.45) is 1.62. The maximum absolute atomic E-state index is 11.1. The molecule has 0 bridgehead atoms. The molecule has 62 valence electrons. The fourth-order valence-corrected chi connectivity index (χ4v) is 1.52. The molecule has 1 aliphatic heterocycles. The summed E-state index contributed by atoms with van der Waals surface area (Å²) in [5, 5.41) is 4.40. The number of ether oxygens (including phenoxy) is 1. The molecule has 1 rings (SSSR count). The molecule has 1 unspecified atom stereocenters. The summed E-state index contributed by atoms with van der Waals surface area (Å²) < 4.78 is 3.61. The lowest BCUT2D eigenvalue weighted by Gasteiger charge is -2.17. The van der Waals surface area contributed by atoms with E-state index < -0.39 is 10.3 Å². The van der Waals surface area contributed by atoms with Crippen molar-refractivity contribution in [2.24, 2.45) is 0 Å². The fourth-order valence-electron chi connectivity index (χ4n) is 0.634. The summed E-state index contributed by atoms with van der Waals surface area (Å²) >= 11 is 7.01. The number of halogens is 1. The molecule has 0 radical (unpaired) electrons. The van der Waals surface area contributed by atoms with E-state index in [1.165, 1.54) is 11.8 Å². The summed E-state index contributed by atoms with van der Waals surface area (Å²) in [6, 6.07) is 0. The Labute approximate surface area is 74.1 Å². The second-order valence-electron chi connectivity index (χ2n) is 1.88. The second kappa shape index (κ2) is 3.36. The van der Waals surface area contributed by atoms with Crippen LogP contribution in [0.3, 0.4) is 0 Å². The van der Waals surface area contributed by atoms with E-state index in [0.29, 0.717) is 6.61 Å². The Morgan fingerprint density at radius 2 is 2.64 bits per heavy atom. The molecular weight excluding hydrogens is 186 g/mol. The topological polar surface area (TPSA) is 38.3 Å². The summed E-state index contributed by atoms with van der Waals surface area (Å²) in [5.74, 6) is -0.448. The van der Waals surface area contributed by atoms with Gasteiger partial charge >= 0.3 is 5.97 Å². The summed E-state index contributed by atoms with van der Waals surface area (Å²) in [4.78, 5) is 11.1. The van der Waals surface area contributed by atoms with Gasteiger partial charge in [0.15, 0.2) is 0 Å². The highest BCUT2D eigenvalue weighted by Crippen LogP contribution is 2.33. The van der Waals surface area contributed by atoms with Crippen molar-refractivity contribution >= 4 is 29.3 Å². The summed E-state index contributed by atoms with van der Waals surface area (Å²) in [6.45, 7) is 2.08. The number of esters is 1. The van der Waals surface area contributed by atoms with E-state index in [2.05, 4.69) is 5.32 Å². The van der Waals surface area contributed by atoms with Gasteiger partial charge in [-0.05, 0) is 12.3 Å². The molecule has 0 aliphatic carbocycles. The zero-order valence-electron chi connectivity index (χ0n) is 5.96. The minimum atomic E-state index is -1.13. The van der Waals surface area contributed by atoms with Gasteiger partial charge in [0.25, 0.3) is 4.33 Å². The SMILES string of the molecule is CCOC(=O)C1(Cl)NC=CS1. The number of thioether (sulfide) groups is 1. The Hall–Kier alpha value is -0.350. The van der Waals surface area contributed by atoms with Crippen molar-refractivity contribution in [1.82, 2.24) is 5.32 Å². The highest BCUT2D eigenvalue weighted by Gasteiger charge is 2.39. The van der Waals surface area contributed by atoms with Gasteiger partial charge in [-0.1, -0.05) is 23.4 Å². The van der Waals surface area contributed by atoms with Crippen molar-refractivity contribution in [3.63, 3.8) is 0 Å². The van der Waals surface area contributed by atoms with Crippen molar-refractivity contribution in [2.45, 2.75) is 11.3 Å². The Bertz CT molecular complexity index is 187. The number of nitrogens with one attached hydrogen (secondary N) is 1. The normalized spacial score (nSPS) is 28.2. The smallest absolute Gasteiger partial charge is 0.358 e. The Balaban J connectivity index is 2.51. The minimum Gasteiger partial charge on any atom is -0.463 e. The van der Waals surface area contributed by atoms with Crippen LogP contribution in [0.15, 0.2) is 11.6 Å². The number of hydrogen-bond donors (Lipinski definition) is 1. The molecule has 0 aromatic carbocycles. The van der Waals surface area contributed by atoms with Crippen LogP contribution >= 0.6 is 23.4 Å². The number of hydrogen-bond acceptors (Lipinski definition) is 4. The van der Waals surface area contributed by atoms with Crippen molar-refractivity contribution in [3.8, 4) is 0 Å². The molecule has 11 heavy (non-hydrogen) atoms. The minimum absolute atomic E-state index is 0.343. The van der Waals surface area contributed by atoms with Crippen molar-refractivity contribution in [2.75, 3.05) is 6.61 Å². The van der Waals surface area contributed by atoms with Crippen molar-refractivity contribution < 1.29 is 9.53 Å². The van der Waals surface area contributed by atoms with Gasteiger partial charge in [0.2, 0.25) is 0 Å². The molecule has 0 fully saturated rings.